The van der Waals surface area contributed by atoms with Gasteiger partial charge in [0.15, 0.2) is 0 Å². The van der Waals surface area contributed by atoms with Crippen LogP contribution in [0.15, 0.2) is 84.9 Å². The number of hydrogen-bond acceptors (Lipinski definition) is 7. The first-order valence-electron chi connectivity index (χ1n) is 12.5. The van der Waals surface area contributed by atoms with E-state index in [4.69, 9.17) is 20.5 Å². The van der Waals surface area contributed by atoms with E-state index in [1.807, 2.05) is 25.1 Å². The third-order valence-electron chi connectivity index (χ3n) is 5.86. The molecule has 0 aliphatic heterocycles. The van der Waals surface area contributed by atoms with Crippen molar-refractivity contribution in [3.63, 3.8) is 0 Å². The Morgan fingerprint density at radius 1 is 1.05 bits per heavy atom. The van der Waals surface area contributed by atoms with Crippen molar-refractivity contribution in [2.24, 2.45) is 5.92 Å². The SMILES string of the molecule is C[C@@H](CC/C=C/C(=O)Nc1ccccc1N)[C@@H](OC(=O)Nc1ccc(C#N)cc1)c1ccccc1OCCO. The monoisotopic (exact) mass is 528 g/mol. The van der Waals surface area contributed by atoms with Gasteiger partial charge in [0.1, 0.15) is 18.5 Å². The Morgan fingerprint density at radius 2 is 1.77 bits per heavy atom. The number of ether oxygens (including phenoxy) is 2. The van der Waals surface area contributed by atoms with Gasteiger partial charge in [0, 0.05) is 11.3 Å². The summed E-state index contributed by atoms with van der Waals surface area (Å²) in [7, 11) is 0. The fourth-order valence-corrected chi connectivity index (χ4v) is 3.87. The summed E-state index contributed by atoms with van der Waals surface area (Å²) in [5.41, 5.74) is 8.52. The molecule has 0 aliphatic carbocycles. The highest BCUT2D eigenvalue weighted by Crippen LogP contribution is 2.35. The molecular weight excluding hydrogens is 496 g/mol. The van der Waals surface area contributed by atoms with E-state index in [-0.39, 0.29) is 25.0 Å². The lowest BCUT2D eigenvalue weighted by molar-refractivity contribution is -0.111. The van der Waals surface area contributed by atoms with Gasteiger partial charge in [-0.15, -0.1) is 0 Å². The van der Waals surface area contributed by atoms with Crippen LogP contribution in [0.5, 0.6) is 5.75 Å². The zero-order chi connectivity index (χ0) is 28.0. The minimum atomic E-state index is -0.676. The van der Waals surface area contributed by atoms with Crippen molar-refractivity contribution < 1.29 is 24.2 Å². The Kier molecular flexibility index (Phi) is 10.9. The number of rotatable bonds is 12. The van der Waals surface area contributed by atoms with E-state index < -0.39 is 12.2 Å². The number of carbonyl (C=O) groups is 2. The van der Waals surface area contributed by atoms with E-state index >= 15 is 0 Å². The van der Waals surface area contributed by atoms with Gasteiger partial charge in [-0.2, -0.15) is 5.26 Å². The fraction of sp³-hybridized carbons (Fsp3) is 0.233. The maximum Gasteiger partial charge on any atom is 0.412 e. The maximum atomic E-state index is 12.8. The number of nitrogens with zero attached hydrogens (tertiary/aromatic N) is 1. The summed E-state index contributed by atoms with van der Waals surface area (Å²) < 4.78 is 11.6. The number of amides is 2. The number of anilines is 3. The number of carbonyl (C=O) groups excluding carboxylic acids is 2. The van der Waals surface area contributed by atoms with Crippen molar-refractivity contribution in [1.82, 2.24) is 0 Å². The van der Waals surface area contributed by atoms with Gasteiger partial charge in [-0.1, -0.05) is 43.3 Å². The molecule has 0 radical (unpaired) electrons. The largest absolute Gasteiger partial charge is 0.491 e. The van der Waals surface area contributed by atoms with Crippen molar-refractivity contribution in [1.29, 1.82) is 5.26 Å². The Morgan fingerprint density at radius 3 is 2.49 bits per heavy atom. The second-order valence-electron chi connectivity index (χ2n) is 8.78. The molecule has 3 aromatic rings. The molecule has 2 atom stereocenters. The number of nitriles is 1. The molecule has 9 heteroatoms. The van der Waals surface area contributed by atoms with E-state index in [9.17, 15) is 14.7 Å². The van der Waals surface area contributed by atoms with Crippen LogP contribution in [-0.4, -0.2) is 30.3 Å². The zero-order valence-electron chi connectivity index (χ0n) is 21.7. The second kappa shape index (κ2) is 14.8. The number of allylic oxidation sites excluding steroid dienone is 1. The predicted octanol–water partition coefficient (Wildman–Crippen LogP) is 5.41. The number of nitrogens with two attached hydrogens (primary N) is 1. The van der Waals surface area contributed by atoms with Gasteiger partial charge in [-0.25, -0.2) is 4.79 Å². The topological polar surface area (TPSA) is 147 Å². The molecule has 3 rings (SSSR count). The Bertz CT molecular complexity index is 1320. The van der Waals surface area contributed by atoms with Gasteiger partial charge in [-0.3, -0.25) is 10.1 Å². The van der Waals surface area contributed by atoms with Crippen molar-refractivity contribution in [3.05, 3.63) is 96.1 Å². The highest BCUT2D eigenvalue weighted by molar-refractivity contribution is 6.01. The molecule has 0 saturated carbocycles. The average molecular weight is 529 g/mol. The van der Waals surface area contributed by atoms with Gasteiger partial charge in [0.05, 0.1) is 29.6 Å². The zero-order valence-corrected chi connectivity index (χ0v) is 21.7. The highest BCUT2D eigenvalue weighted by atomic mass is 16.6. The number of aliphatic hydroxyl groups is 1. The first-order chi connectivity index (χ1) is 18.9. The summed E-state index contributed by atoms with van der Waals surface area (Å²) in [5, 5.41) is 23.6. The fourth-order valence-electron chi connectivity index (χ4n) is 3.87. The van der Waals surface area contributed by atoms with Crippen LogP contribution in [-0.2, 0) is 9.53 Å². The van der Waals surface area contributed by atoms with Gasteiger partial charge < -0.3 is 25.6 Å². The molecule has 2 amide bonds. The molecule has 0 bridgehead atoms. The van der Waals surface area contributed by atoms with Crippen molar-refractivity contribution >= 4 is 29.1 Å². The first-order valence-corrected chi connectivity index (χ1v) is 12.5. The molecule has 0 heterocycles. The Balaban J connectivity index is 1.69. The molecule has 0 fully saturated rings. The van der Waals surface area contributed by atoms with Crippen LogP contribution in [0, 0.1) is 17.2 Å². The van der Waals surface area contributed by atoms with Crippen molar-refractivity contribution in [3.8, 4) is 11.8 Å². The van der Waals surface area contributed by atoms with Gasteiger partial charge >= 0.3 is 6.09 Å². The van der Waals surface area contributed by atoms with Crippen LogP contribution in [0.1, 0.15) is 37.0 Å². The van der Waals surface area contributed by atoms with Gasteiger partial charge in [0.2, 0.25) is 5.91 Å². The molecule has 0 aliphatic rings. The van der Waals surface area contributed by atoms with Crippen LogP contribution < -0.4 is 21.1 Å². The quantitative estimate of drug-likeness (QED) is 0.181. The number of hydrogen-bond donors (Lipinski definition) is 4. The Hall–Kier alpha value is -4.81. The number of benzene rings is 3. The minimum Gasteiger partial charge on any atom is -0.491 e. The number of nitrogen functional groups attached to an aromatic ring is 1. The third kappa shape index (κ3) is 8.91. The summed E-state index contributed by atoms with van der Waals surface area (Å²) in [4.78, 5) is 25.1. The Labute approximate surface area is 227 Å². The van der Waals surface area contributed by atoms with E-state index in [0.717, 1.165) is 0 Å². The number of nitrogens with one attached hydrogen (secondary N) is 2. The second-order valence-corrected chi connectivity index (χ2v) is 8.78. The molecule has 0 aromatic heterocycles. The van der Waals surface area contributed by atoms with E-state index in [0.29, 0.717) is 46.8 Å². The number of aliphatic hydroxyl groups excluding tert-OH is 1. The molecule has 202 valence electrons. The summed E-state index contributed by atoms with van der Waals surface area (Å²) in [5.74, 6) is 0.0518. The standard InChI is InChI=1S/C30H32N4O5/c1-21(8-2-7-13-28(36)34-26-11-5-4-10-25(26)32)29(24-9-3-6-12-27(24)38-19-18-35)39-30(37)33-23-16-14-22(20-31)15-17-23/h3-7,9-17,21,29,35H,2,8,18-19,32H2,1H3,(H,33,37)(H,34,36)/b13-7+/t21-,29+/m0/s1. The minimum absolute atomic E-state index is 0.0966. The normalized spacial score (nSPS) is 12.2. The van der Waals surface area contributed by atoms with Crippen LogP contribution >= 0.6 is 0 Å². The van der Waals surface area contributed by atoms with Crippen LogP contribution in [0.4, 0.5) is 21.9 Å². The van der Waals surface area contributed by atoms with E-state index in [1.165, 1.54) is 6.08 Å². The molecule has 0 saturated heterocycles. The summed E-state index contributed by atoms with van der Waals surface area (Å²) >= 11 is 0. The maximum absolute atomic E-state index is 12.8. The molecule has 5 N–H and O–H groups in total. The average Bonchev–Trinajstić information content (AvgIpc) is 2.94. The highest BCUT2D eigenvalue weighted by Gasteiger charge is 2.26. The van der Waals surface area contributed by atoms with Crippen molar-refractivity contribution in [2.75, 3.05) is 29.6 Å². The summed E-state index contributed by atoms with van der Waals surface area (Å²) in [6.45, 7) is 1.89. The van der Waals surface area contributed by atoms with Gasteiger partial charge in [0.25, 0.3) is 0 Å². The molecule has 0 unspecified atom stereocenters. The third-order valence-corrected chi connectivity index (χ3v) is 5.86. The van der Waals surface area contributed by atoms with Crippen LogP contribution in [0.3, 0.4) is 0 Å². The lowest BCUT2D eigenvalue weighted by Crippen LogP contribution is -2.22. The molecule has 3 aromatic carbocycles. The van der Waals surface area contributed by atoms with Crippen LogP contribution in [0.2, 0.25) is 0 Å². The molecule has 0 spiro atoms. The van der Waals surface area contributed by atoms with Gasteiger partial charge in [-0.05, 0) is 67.3 Å². The van der Waals surface area contributed by atoms with Crippen LogP contribution in [0.25, 0.3) is 0 Å². The lowest BCUT2D eigenvalue weighted by atomic mass is 9.92. The lowest BCUT2D eigenvalue weighted by Gasteiger charge is -2.26. The molecule has 39 heavy (non-hydrogen) atoms. The van der Waals surface area contributed by atoms with E-state index in [1.54, 1.807) is 66.7 Å². The molecule has 9 nitrogen and oxygen atoms in total. The van der Waals surface area contributed by atoms with Crippen molar-refractivity contribution in [2.45, 2.75) is 25.9 Å². The first kappa shape index (κ1) is 28.8. The van der Waals surface area contributed by atoms with E-state index in [2.05, 4.69) is 10.6 Å². The smallest absolute Gasteiger partial charge is 0.412 e. The number of para-hydroxylation sites is 3. The molecular formula is C30H32N4O5. The summed E-state index contributed by atoms with van der Waals surface area (Å²) in [6, 6.07) is 22.7. The summed E-state index contributed by atoms with van der Waals surface area (Å²) in [6.07, 6.45) is 3.02. The predicted molar refractivity (Wildman–Crippen MR) is 150 cm³/mol.